The molecular weight excluding hydrogens is 314 g/mol. The van der Waals surface area contributed by atoms with Gasteiger partial charge in [-0.05, 0) is 0 Å². The maximum Gasteiger partial charge on any atom is 2.00 e. The number of nitrogens with zero attached hydrogens (tertiary/aromatic N) is 1. The van der Waals surface area contributed by atoms with E-state index in [2.05, 4.69) is 0 Å². The van der Waals surface area contributed by atoms with Gasteiger partial charge in [-0.1, -0.05) is 0 Å². The largest absolute Gasteiger partial charge is 2.00 e. The minimum atomic E-state index is -1.50. The van der Waals surface area contributed by atoms with Gasteiger partial charge in [0.2, 0.25) is 0 Å². The predicted octanol–water partition coefficient (Wildman–Crippen LogP) is -0.264. The molecule has 0 aliphatic rings. The molecule has 0 aromatic carbocycles. The summed E-state index contributed by atoms with van der Waals surface area (Å²) in [6, 6.07) is 0. The van der Waals surface area contributed by atoms with E-state index in [0.717, 1.165) is 6.92 Å². The van der Waals surface area contributed by atoms with E-state index in [1.807, 2.05) is 0 Å². The smallest absolute Gasteiger partial charge is 0.481 e. The maximum absolute atomic E-state index is 9.00. The molecule has 0 fully saturated rings. The minimum absolute atomic E-state index is 0. The van der Waals surface area contributed by atoms with Crippen molar-refractivity contribution >= 4 is 5.97 Å². The van der Waals surface area contributed by atoms with E-state index >= 15 is 0 Å². The first kappa shape index (κ1) is 30.0. The van der Waals surface area contributed by atoms with Gasteiger partial charge in [-0.3, -0.25) is 4.79 Å². The van der Waals surface area contributed by atoms with Gasteiger partial charge in [0.25, 0.3) is 11.1 Å². The molecule has 0 aromatic rings. The first-order valence-electron chi connectivity index (χ1n) is 1.49. The van der Waals surface area contributed by atoms with Gasteiger partial charge in [0.15, 0.2) is 0 Å². The molecule has 11 heavy (non-hydrogen) atoms. The Hall–Kier alpha value is 0.540. The molecule has 0 saturated carbocycles. The fourth-order valence-electron chi connectivity index (χ4n) is 0. The Balaban J connectivity index is -0.0000000171. The second-order valence-corrected chi connectivity index (χ2v) is 0.757. The molecule has 0 spiro atoms. The number of rotatable bonds is 0. The van der Waals surface area contributed by atoms with E-state index in [-0.39, 0.29) is 58.4 Å². The van der Waals surface area contributed by atoms with Crippen LogP contribution in [0.4, 0.5) is 0 Å². The van der Waals surface area contributed by atoms with E-state index in [1.54, 1.807) is 0 Å². The summed E-state index contributed by atoms with van der Waals surface area (Å²) in [6.45, 7) is 1.08. The van der Waals surface area contributed by atoms with Crippen molar-refractivity contribution in [1.82, 2.24) is 0 Å². The fourth-order valence-corrected chi connectivity index (χ4v) is 0. The number of carbonyl (C=O) groups is 1. The summed E-state index contributed by atoms with van der Waals surface area (Å²) in [5.41, 5.74) is 0. The van der Waals surface area contributed by atoms with Crippen LogP contribution in [0.15, 0.2) is 0 Å². The van der Waals surface area contributed by atoms with Crippen LogP contribution in [0, 0.1) is 10.1 Å². The number of carboxylic acid groups (broad SMARTS) is 1. The van der Waals surface area contributed by atoms with E-state index in [0.29, 0.717) is 0 Å². The average molecular weight is 319 g/mol. The molecule has 0 aliphatic heterocycles. The zero-order valence-electron chi connectivity index (χ0n) is 6.19. The van der Waals surface area contributed by atoms with Gasteiger partial charge in [-0.2, -0.15) is 0 Å². The Kier molecular flexibility index (Phi) is 61.1. The van der Waals surface area contributed by atoms with Crippen molar-refractivity contribution in [2.24, 2.45) is 0 Å². The van der Waals surface area contributed by atoms with Crippen LogP contribution in [-0.2, 0) is 63.2 Å². The molecule has 9 heteroatoms. The molecule has 0 rings (SSSR count). The van der Waals surface area contributed by atoms with E-state index in [9.17, 15) is 0 Å². The predicted molar refractivity (Wildman–Crippen MR) is 22.1 cm³/mol. The van der Waals surface area contributed by atoms with Crippen molar-refractivity contribution in [1.29, 1.82) is 0 Å². The SMILES string of the molecule is CC(=O)O.O=[N+]([O-])O.[Zn+2].[Zn].[Zn]. The molecule has 0 bridgehead atoms. The van der Waals surface area contributed by atoms with E-state index in [4.69, 9.17) is 25.2 Å². The first-order chi connectivity index (χ1) is 3.46. The summed E-state index contributed by atoms with van der Waals surface area (Å²) in [4.78, 5) is 17.4. The summed E-state index contributed by atoms with van der Waals surface area (Å²) < 4.78 is 0. The van der Waals surface area contributed by atoms with Crippen LogP contribution in [0.3, 0.4) is 0 Å². The third-order valence-corrected chi connectivity index (χ3v) is 0. The minimum Gasteiger partial charge on any atom is -0.481 e. The Labute approximate surface area is 101 Å². The zero-order valence-corrected chi connectivity index (χ0v) is 15.1. The summed E-state index contributed by atoms with van der Waals surface area (Å²) in [6.07, 6.45) is 0. The molecule has 0 unspecified atom stereocenters. The van der Waals surface area contributed by atoms with E-state index in [1.165, 1.54) is 0 Å². The maximum atomic E-state index is 9.00. The van der Waals surface area contributed by atoms with Crippen molar-refractivity contribution in [3.63, 3.8) is 0 Å². The van der Waals surface area contributed by atoms with Gasteiger partial charge in [-0.15, -0.1) is 10.1 Å². The van der Waals surface area contributed by atoms with Crippen molar-refractivity contribution in [2.45, 2.75) is 6.92 Å². The monoisotopic (exact) mass is 315 g/mol. The molecule has 0 amide bonds. The molecule has 0 saturated heterocycles. The Morgan fingerprint density at radius 1 is 1.45 bits per heavy atom. The summed E-state index contributed by atoms with van der Waals surface area (Å²) in [5.74, 6) is -0.833. The zero-order chi connectivity index (χ0) is 7.15. The quantitative estimate of drug-likeness (QED) is 0.364. The summed E-state index contributed by atoms with van der Waals surface area (Å²) >= 11 is 0. The number of hydrogen-bond acceptors (Lipinski definition) is 3. The van der Waals surface area contributed by atoms with Gasteiger partial charge < -0.3 is 10.3 Å². The summed E-state index contributed by atoms with van der Waals surface area (Å²) in [5, 5.41) is 21.1. The molecule has 6 nitrogen and oxygen atoms in total. The number of hydrogen-bond donors (Lipinski definition) is 2. The molecule has 0 aromatic heterocycles. The molecule has 52 valence electrons. The topological polar surface area (TPSA) is 101 Å². The van der Waals surface area contributed by atoms with Crippen molar-refractivity contribution < 1.29 is 78.6 Å². The first-order valence-corrected chi connectivity index (χ1v) is 1.49. The van der Waals surface area contributed by atoms with Crippen molar-refractivity contribution in [3.8, 4) is 0 Å². The molecular formula is C2H5NO5Zn3+2. The molecule has 0 aliphatic carbocycles. The van der Waals surface area contributed by atoms with Crippen molar-refractivity contribution in [2.75, 3.05) is 0 Å². The van der Waals surface area contributed by atoms with Crippen LogP contribution in [0.2, 0.25) is 0 Å². The standard InChI is InChI=1S/C2H4O2.HNO3.3Zn/c1-2(3)4;2-1(3)4;;;/h1H3,(H,3,4);(H,2,3,4);;;/q;;;;+2. The van der Waals surface area contributed by atoms with Crippen LogP contribution in [0.5, 0.6) is 0 Å². The normalized spacial score (nSPS) is 4.45. The molecule has 0 atom stereocenters. The van der Waals surface area contributed by atoms with Gasteiger partial charge >= 0.3 is 19.5 Å². The van der Waals surface area contributed by atoms with Gasteiger partial charge in [0, 0.05) is 45.9 Å². The second-order valence-electron chi connectivity index (χ2n) is 0.757. The van der Waals surface area contributed by atoms with E-state index < -0.39 is 11.1 Å². The molecule has 0 radical (unpaired) electrons. The number of carboxylic acids is 1. The van der Waals surface area contributed by atoms with Crippen LogP contribution in [0.25, 0.3) is 0 Å². The summed E-state index contributed by atoms with van der Waals surface area (Å²) in [7, 11) is 0. The van der Waals surface area contributed by atoms with Crippen LogP contribution in [0.1, 0.15) is 6.92 Å². The average Bonchev–Trinajstić information content (AvgIpc) is 1.25. The second kappa shape index (κ2) is 22.4. The van der Waals surface area contributed by atoms with Crippen molar-refractivity contribution in [3.05, 3.63) is 10.1 Å². The van der Waals surface area contributed by atoms with Gasteiger partial charge in [-0.25, -0.2) is 0 Å². The Morgan fingerprint density at radius 2 is 1.45 bits per heavy atom. The fraction of sp³-hybridized carbons (Fsp3) is 0.500. The van der Waals surface area contributed by atoms with Gasteiger partial charge in [0.1, 0.15) is 0 Å². The van der Waals surface area contributed by atoms with Crippen LogP contribution in [-0.4, -0.2) is 21.4 Å². The Bertz CT molecular complexity index is 77.7. The third-order valence-electron chi connectivity index (χ3n) is 0. The van der Waals surface area contributed by atoms with Crippen LogP contribution < -0.4 is 0 Å². The molecule has 0 heterocycles. The number of aliphatic carboxylic acids is 1. The molecule has 2 N–H and O–H groups in total. The van der Waals surface area contributed by atoms with Gasteiger partial charge in [0.05, 0.1) is 0 Å². The third kappa shape index (κ3) is 2630. The Morgan fingerprint density at radius 3 is 1.45 bits per heavy atom. The van der Waals surface area contributed by atoms with Crippen LogP contribution >= 0.6 is 0 Å².